The lowest BCUT2D eigenvalue weighted by Gasteiger charge is -2.25. The molecular weight excluding hydrogens is 294 g/mol. The van der Waals surface area contributed by atoms with Crippen molar-refractivity contribution in [2.75, 3.05) is 22.6 Å². The van der Waals surface area contributed by atoms with Gasteiger partial charge in [0, 0.05) is 0 Å². The van der Waals surface area contributed by atoms with Crippen LogP contribution in [0.3, 0.4) is 0 Å². The minimum absolute atomic E-state index is 0.0577. The van der Waals surface area contributed by atoms with Gasteiger partial charge in [-0.3, -0.25) is 0 Å². The summed E-state index contributed by atoms with van der Waals surface area (Å²) in [6.45, 7) is 2.82. The smallest absolute Gasteiger partial charge is 0.320 e. The topological polar surface area (TPSA) is 85.5 Å². The Kier molecular flexibility index (Phi) is 3.88. The molecule has 126 valence electrons. The number of aromatic nitrogens is 2. The Morgan fingerprint density at radius 2 is 2.09 bits per heavy atom. The molecule has 7 nitrogen and oxygen atoms in total. The first-order valence-corrected chi connectivity index (χ1v) is 8.74. The third kappa shape index (κ3) is 2.78. The van der Waals surface area contributed by atoms with Gasteiger partial charge in [-0.05, 0) is 44.9 Å². The van der Waals surface area contributed by atoms with E-state index in [4.69, 9.17) is 15.2 Å². The van der Waals surface area contributed by atoms with Crippen LogP contribution >= 0.6 is 0 Å². The first kappa shape index (κ1) is 14.8. The zero-order chi connectivity index (χ0) is 15.8. The van der Waals surface area contributed by atoms with Crippen molar-refractivity contribution < 1.29 is 9.47 Å². The molecule has 1 aliphatic carbocycles. The second-order valence-corrected chi connectivity index (χ2v) is 6.62. The molecule has 0 aromatic carbocycles. The maximum absolute atomic E-state index is 6.11. The van der Waals surface area contributed by atoms with E-state index in [1.807, 2.05) is 0 Å². The SMILES string of the molecule is CCC1CCC(N2CNc3c(N)nc(OC4CCCC4)nc32)O1. The molecule has 0 amide bonds. The maximum Gasteiger partial charge on any atom is 0.320 e. The fourth-order valence-corrected chi connectivity index (χ4v) is 3.72. The van der Waals surface area contributed by atoms with Crippen LogP contribution in [0.4, 0.5) is 17.3 Å². The Morgan fingerprint density at radius 3 is 2.83 bits per heavy atom. The average molecular weight is 319 g/mol. The number of nitrogens with one attached hydrogen (secondary N) is 1. The van der Waals surface area contributed by atoms with Crippen molar-refractivity contribution in [2.24, 2.45) is 0 Å². The summed E-state index contributed by atoms with van der Waals surface area (Å²) in [6.07, 6.45) is 8.37. The third-order valence-corrected chi connectivity index (χ3v) is 5.06. The van der Waals surface area contributed by atoms with Gasteiger partial charge in [0.25, 0.3) is 0 Å². The molecule has 2 unspecified atom stereocenters. The third-order valence-electron chi connectivity index (χ3n) is 5.06. The predicted molar refractivity (Wildman–Crippen MR) is 88.5 cm³/mol. The summed E-state index contributed by atoms with van der Waals surface area (Å²) in [5, 5.41) is 3.29. The summed E-state index contributed by atoms with van der Waals surface area (Å²) in [7, 11) is 0. The van der Waals surface area contributed by atoms with Crippen LogP contribution in [-0.4, -0.2) is 35.1 Å². The van der Waals surface area contributed by atoms with Gasteiger partial charge < -0.3 is 25.4 Å². The largest absolute Gasteiger partial charge is 0.460 e. The Hall–Kier alpha value is -1.76. The minimum Gasteiger partial charge on any atom is -0.460 e. The Labute approximate surface area is 136 Å². The number of nitrogens with zero attached hydrogens (tertiary/aromatic N) is 3. The summed E-state index contributed by atoms with van der Waals surface area (Å²) in [5.74, 6) is 1.27. The molecule has 2 aliphatic heterocycles. The average Bonchev–Trinajstić information content (AvgIpc) is 3.26. The van der Waals surface area contributed by atoms with Gasteiger partial charge in [-0.25, -0.2) is 0 Å². The van der Waals surface area contributed by atoms with Crippen LogP contribution in [0, 0.1) is 0 Å². The van der Waals surface area contributed by atoms with Crippen LogP contribution in [0.5, 0.6) is 6.01 Å². The lowest BCUT2D eigenvalue weighted by atomic mass is 10.2. The second kappa shape index (κ2) is 6.03. The molecule has 7 heteroatoms. The normalized spacial score (nSPS) is 27.3. The highest BCUT2D eigenvalue weighted by Gasteiger charge is 2.35. The van der Waals surface area contributed by atoms with Crippen molar-refractivity contribution in [1.29, 1.82) is 0 Å². The summed E-state index contributed by atoms with van der Waals surface area (Å²) >= 11 is 0. The lowest BCUT2D eigenvalue weighted by molar-refractivity contribution is 0.0425. The van der Waals surface area contributed by atoms with Crippen LogP contribution in [0.15, 0.2) is 0 Å². The molecule has 2 fully saturated rings. The zero-order valence-corrected chi connectivity index (χ0v) is 13.6. The van der Waals surface area contributed by atoms with E-state index in [2.05, 4.69) is 27.1 Å². The minimum atomic E-state index is 0.0577. The van der Waals surface area contributed by atoms with Gasteiger partial charge >= 0.3 is 6.01 Å². The fraction of sp³-hybridized carbons (Fsp3) is 0.750. The zero-order valence-electron chi connectivity index (χ0n) is 13.6. The number of fused-ring (bicyclic) bond motifs is 1. The van der Waals surface area contributed by atoms with Gasteiger partial charge in [-0.1, -0.05) is 6.92 Å². The van der Waals surface area contributed by atoms with Gasteiger partial charge in [0.1, 0.15) is 18.0 Å². The van der Waals surface area contributed by atoms with Gasteiger partial charge in [0.15, 0.2) is 11.6 Å². The van der Waals surface area contributed by atoms with Crippen molar-refractivity contribution in [3.05, 3.63) is 0 Å². The number of nitrogens with two attached hydrogens (primary N) is 1. The second-order valence-electron chi connectivity index (χ2n) is 6.62. The monoisotopic (exact) mass is 319 g/mol. The first-order chi connectivity index (χ1) is 11.2. The van der Waals surface area contributed by atoms with Gasteiger partial charge in [0.05, 0.1) is 12.8 Å². The molecule has 0 spiro atoms. The molecule has 0 radical (unpaired) electrons. The van der Waals surface area contributed by atoms with Gasteiger partial charge in [-0.2, -0.15) is 9.97 Å². The standard InChI is InChI=1S/C16H25N5O2/c1-2-10-7-8-12(22-10)21-9-18-13-14(17)19-16(20-15(13)21)23-11-5-3-4-6-11/h10-12,18H,2-9H2,1H3,(H2,17,19,20). The molecule has 1 saturated carbocycles. The lowest BCUT2D eigenvalue weighted by Crippen LogP contribution is -2.35. The molecular formula is C16H25N5O2. The maximum atomic E-state index is 6.11. The molecule has 2 atom stereocenters. The Bertz CT molecular complexity index is 576. The predicted octanol–water partition coefficient (Wildman–Crippen LogP) is 2.48. The van der Waals surface area contributed by atoms with E-state index in [0.29, 0.717) is 24.6 Å². The number of ether oxygens (including phenoxy) is 2. The van der Waals surface area contributed by atoms with Crippen LogP contribution < -0.4 is 20.7 Å². The molecule has 1 saturated heterocycles. The molecule has 4 rings (SSSR count). The molecule has 23 heavy (non-hydrogen) atoms. The molecule has 1 aromatic heterocycles. The highest BCUT2D eigenvalue weighted by atomic mass is 16.5. The van der Waals surface area contributed by atoms with Crippen molar-refractivity contribution in [2.45, 2.75) is 70.3 Å². The summed E-state index contributed by atoms with van der Waals surface area (Å²) < 4.78 is 12.0. The quantitative estimate of drug-likeness (QED) is 0.881. The first-order valence-electron chi connectivity index (χ1n) is 8.74. The van der Waals surface area contributed by atoms with E-state index < -0.39 is 0 Å². The van der Waals surface area contributed by atoms with Crippen molar-refractivity contribution in [3.63, 3.8) is 0 Å². The number of rotatable bonds is 4. The molecule has 1 aromatic rings. The highest BCUT2D eigenvalue weighted by molar-refractivity contribution is 5.80. The van der Waals surface area contributed by atoms with E-state index in [0.717, 1.165) is 43.6 Å². The molecule has 0 bridgehead atoms. The molecule has 3 heterocycles. The van der Waals surface area contributed by atoms with E-state index in [-0.39, 0.29) is 12.3 Å². The number of hydrogen-bond acceptors (Lipinski definition) is 7. The van der Waals surface area contributed by atoms with Crippen LogP contribution in [0.25, 0.3) is 0 Å². The van der Waals surface area contributed by atoms with E-state index in [1.165, 1.54) is 12.8 Å². The number of anilines is 3. The fourth-order valence-electron chi connectivity index (χ4n) is 3.72. The van der Waals surface area contributed by atoms with Crippen molar-refractivity contribution in [1.82, 2.24) is 9.97 Å². The van der Waals surface area contributed by atoms with Crippen LogP contribution in [0.2, 0.25) is 0 Å². The van der Waals surface area contributed by atoms with E-state index >= 15 is 0 Å². The Balaban J connectivity index is 1.55. The van der Waals surface area contributed by atoms with E-state index in [9.17, 15) is 0 Å². The Morgan fingerprint density at radius 1 is 1.26 bits per heavy atom. The van der Waals surface area contributed by atoms with Gasteiger partial charge in [-0.15, -0.1) is 0 Å². The van der Waals surface area contributed by atoms with Crippen LogP contribution in [-0.2, 0) is 4.74 Å². The molecule has 3 aliphatic rings. The molecule has 3 N–H and O–H groups in total. The van der Waals surface area contributed by atoms with E-state index in [1.54, 1.807) is 0 Å². The summed E-state index contributed by atoms with van der Waals surface area (Å²) in [5.41, 5.74) is 6.90. The number of hydrogen-bond donors (Lipinski definition) is 2. The van der Waals surface area contributed by atoms with Gasteiger partial charge in [0.2, 0.25) is 0 Å². The summed E-state index contributed by atoms with van der Waals surface area (Å²) in [6, 6.07) is 0.395. The van der Waals surface area contributed by atoms with Crippen molar-refractivity contribution >= 4 is 17.3 Å². The summed E-state index contributed by atoms with van der Waals surface area (Å²) in [4.78, 5) is 11.1. The van der Waals surface area contributed by atoms with Crippen LogP contribution in [0.1, 0.15) is 51.9 Å². The highest BCUT2D eigenvalue weighted by Crippen LogP contribution is 2.39. The van der Waals surface area contributed by atoms with Crippen molar-refractivity contribution in [3.8, 4) is 6.01 Å². The number of nitrogen functional groups attached to an aromatic ring is 1.